The van der Waals surface area contributed by atoms with Gasteiger partial charge in [-0.05, 0) is 86.0 Å². The maximum atomic E-state index is 13.9. The van der Waals surface area contributed by atoms with E-state index in [2.05, 4.69) is 50.2 Å². The first kappa shape index (κ1) is 44.0. The van der Waals surface area contributed by atoms with Gasteiger partial charge in [0, 0.05) is 80.1 Å². The predicted octanol–water partition coefficient (Wildman–Crippen LogP) is 7.57. The van der Waals surface area contributed by atoms with Crippen molar-refractivity contribution in [3.05, 3.63) is 132 Å². The molecule has 5 aromatic rings. The molecule has 5 heterocycles. The number of fused-ring (bicyclic) bond motifs is 2. The third kappa shape index (κ3) is 11.7. The number of imidazole rings is 1. The van der Waals surface area contributed by atoms with Crippen LogP contribution in [0.4, 0.5) is 10.1 Å². The van der Waals surface area contributed by atoms with Crippen molar-refractivity contribution < 1.29 is 19.0 Å². The van der Waals surface area contributed by atoms with Crippen LogP contribution < -0.4 is 5.32 Å². The number of ether oxygens (including phenoxy) is 1. The van der Waals surface area contributed by atoms with Crippen LogP contribution in [0.1, 0.15) is 40.4 Å². The van der Waals surface area contributed by atoms with E-state index >= 15 is 0 Å². The van der Waals surface area contributed by atoms with Gasteiger partial charge in [-0.1, -0.05) is 42.0 Å². The number of rotatable bonds is 9. The number of nitrogens with one attached hydrogen (secondary N) is 2. The molecule has 0 aliphatic carbocycles. The minimum absolute atomic E-state index is 0. The normalized spacial score (nSPS) is 13.7. The number of hydrogen-bond donors (Lipinski definition) is 3. The van der Waals surface area contributed by atoms with Gasteiger partial charge in [-0.2, -0.15) is 5.10 Å². The number of carbonyl (C=O) groups is 1. The molecule has 3 N–H and O–H groups in total. The molecule has 1 radical (unpaired) electrons. The summed E-state index contributed by atoms with van der Waals surface area (Å²) in [6, 6.07) is 12.6. The Kier molecular flexibility index (Phi) is 18.0. The first-order chi connectivity index (χ1) is 25.3. The number of aliphatic hydroxyl groups excluding tert-OH is 1. The molecule has 54 heavy (non-hydrogen) atoms. The Labute approximate surface area is 316 Å². The summed E-state index contributed by atoms with van der Waals surface area (Å²) in [5, 5.41) is 18.3. The quantitative estimate of drug-likeness (QED) is 0.0597. The van der Waals surface area contributed by atoms with Crippen molar-refractivity contribution in [3.8, 4) is 0 Å². The van der Waals surface area contributed by atoms with Crippen molar-refractivity contribution in [3.63, 3.8) is 0 Å². The second kappa shape index (κ2) is 22.0. The number of nitrogens with zero attached hydrogens (tertiary/aromatic N) is 6. The SMILES string of the molecule is C1COC1.C=N/C(=C\C=C/Cc1ccc(Cl)cc1F)C1=CCN(Cc2nc3cc(NC)ccc3n2[CH2-])CC1.CO.Cc1[nH]nc2cnc(C=O)cc12.[CH3-].[Es]. The van der Waals surface area contributed by atoms with Gasteiger partial charge in [0.2, 0.25) is 0 Å². The van der Waals surface area contributed by atoms with Crippen LogP contribution in [0.5, 0.6) is 0 Å². The summed E-state index contributed by atoms with van der Waals surface area (Å²) < 4.78 is 20.6. The molecule has 0 bridgehead atoms. The second-order valence-electron chi connectivity index (χ2n) is 11.8. The molecule has 0 amide bonds. The summed E-state index contributed by atoms with van der Waals surface area (Å²) in [6.45, 7) is 10.0. The number of aliphatic hydroxyl groups is 1. The minimum atomic E-state index is -0.295. The Hall–Kier alpha value is -6.14. The number of allylic oxidation sites excluding steroid dienone is 4. The zero-order valence-corrected chi connectivity index (χ0v) is 34.3. The number of aliphatic imine (C=N–C) groups is 1. The summed E-state index contributed by atoms with van der Waals surface area (Å²) in [7, 11) is 7.08. The summed E-state index contributed by atoms with van der Waals surface area (Å²) in [4.78, 5) is 25.6. The average molecular weight is 995 g/mol. The Morgan fingerprint density at radius 2 is 1.94 bits per heavy atom. The van der Waals surface area contributed by atoms with Crippen molar-refractivity contribution in [2.24, 2.45) is 4.99 Å². The van der Waals surface area contributed by atoms with Gasteiger partial charge in [0.1, 0.15) is 17.0 Å². The topological polar surface area (TPSA) is 134 Å². The van der Waals surface area contributed by atoms with E-state index in [9.17, 15) is 9.18 Å². The van der Waals surface area contributed by atoms with Gasteiger partial charge in [-0.25, -0.2) is 4.39 Å². The number of carbonyl (C=O) groups excluding carboxylic acids is 1. The second-order valence-corrected chi connectivity index (χ2v) is 12.2. The molecule has 2 aromatic carbocycles. The number of pyridine rings is 1. The molecule has 293 valence electrons. The van der Waals surface area contributed by atoms with E-state index in [1.165, 1.54) is 12.5 Å². The van der Waals surface area contributed by atoms with Crippen LogP contribution in [0, 0.1) is 27.2 Å². The van der Waals surface area contributed by atoms with Gasteiger partial charge in [0.25, 0.3) is 0 Å². The standard InChI is InChI=1S/C27H28ClFN5.C8H7N3O.C3H6O.CH4O.CH3.Es/c1-30-22-10-11-26-25(17-22)32-27(33(26)3)18-34-14-12-20(13-15-34)24(31-2)7-5-4-6-19-8-9-21(28)16-23(19)29;1-5-7-2-6(4-12)9-3-8(7)11-10-5;1-2-4-3-1;1-2;;/h4-5,7-12,16-17,30H,2-3,6,13-15,18H2,1H3;2-4H,1H3,(H,10,11);1-3H2;2H,1H3;1H3;/q-1;;;;-1;/b5-4-,24-7-;;;;;. The van der Waals surface area contributed by atoms with Crippen LogP contribution in [0.3, 0.4) is 0 Å². The molecule has 14 heteroatoms. The number of halogens is 2. The maximum Gasteiger partial charge on any atom is 0.168 e. The fourth-order valence-electron chi connectivity index (χ4n) is 5.31. The number of hydrogen-bond acceptors (Lipinski definition) is 9. The molecule has 1 saturated heterocycles. The van der Waals surface area contributed by atoms with E-state index in [0.717, 1.165) is 103 Å². The summed E-state index contributed by atoms with van der Waals surface area (Å²) in [5.74, 6) is 0.645. The molecule has 1 fully saturated rings. The molecule has 0 spiro atoms. The maximum absolute atomic E-state index is 13.9. The Morgan fingerprint density at radius 1 is 1.20 bits per heavy atom. The zero-order chi connectivity index (χ0) is 37.5. The van der Waals surface area contributed by atoms with E-state index in [1.807, 2.05) is 55.0 Å². The van der Waals surface area contributed by atoms with E-state index < -0.39 is 0 Å². The monoisotopic (exact) mass is 994 g/mol. The van der Waals surface area contributed by atoms with Crippen molar-refractivity contribution >= 4 is 52.2 Å². The van der Waals surface area contributed by atoms with Crippen molar-refractivity contribution in [2.75, 3.05) is 45.8 Å². The molecule has 2 aliphatic rings. The van der Waals surface area contributed by atoms with Crippen molar-refractivity contribution in [1.29, 1.82) is 0 Å². The van der Waals surface area contributed by atoms with Gasteiger partial charge >= 0.3 is 0 Å². The Bertz CT molecular complexity index is 2050. The van der Waals surface area contributed by atoms with E-state index in [0.29, 0.717) is 22.7 Å². The predicted molar refractivity (Wildman–Crippen MR) is 214 cm³/mol. The van der Waals surface area contributed by atoms with Crippen molar-refractivity contribution in [2.45, 2.75) is 32.7 Å². The number of H-pyrrole nitrogens is 1. The van der Waals surface area contributed by atoms with Crippen LogP contribution >= 0.6 is 11.6 Å². The number of aromatic amines is 1. The van der Waals surface area contributed by atoms with Crippen LogP contribution in [0.2, 0.25) is 5.02 Å². The first-order valence-electron chi connectivity index (χ1n) is 16.8. The van der Waals surface area contributed by atoms with Crippen LogP contribution in [0.15, 0.2) is 89.2 Å². The third-order valence-electron chi connectivity index (χ3n) is 8.37. The first-order valence-corrected chi connectivity index (χ1v) is 17.1. The molecule has 0 atom stereocenters. The van der Waals surface area contributed by atoms with E-state index in [4.69, 9.17) is 26.4 Å². The van der Waals surface area contributed by atoms with Gasteiger partial charge in [-0.3, -0.25) is 19.9 Å². The fraction of sp³-hybridized carbons (Fsp3) is 0.275. The third-order valence-corrected chi connectivity index (χ3v) is 8.60. The fourth-order valence-corrected chi connectivity index (χ4v) is 5.47. The molecule has 2 aliphatic heterocycles. The number of anilines is 1. The van der Waals surface area contributed by atoms with Gasteiger partial charge in [-0.15, -0.1) is 7.05 Å². The summed E-state index contributed by atoms with van der Waals surface area (Å²) >= 11 is 5.81. The Morgan fingerprint density at radius 3 is 2.56 bits per heavy atom. The molecule has 0 saturated carbocycles. The average Bonchev–Trinajstić information content (AvgIpc) is 3.67. The summed E-state index contributed by atoms with van der Waals surface area (Å²) in [5.41, 5.74) is 7.79. The molecule has 7 rings (SSSR count). The number of benzene rings is 2. The Balaban J connectivity index is 0.000000414. The van der Waals surface area contributed by atoms with Gasteiger partial charge in [0.05, 0.1) is 11.9 Å². The largest absolute Gasteiger partial charge is 0.467 e. The van der Waals surface area contributed by atoms with Gasteiger partial charge in [0.15, 0.2) is 6.29 Å². The van der Waals surface area contributed by atoms with Gasteiger partial charge < -0.3 is 37.0 Å². The summed E-state index contributed by atoms with van der Waals surface area (Å²) in [6.07, 6.45) is 12.9. The van der Waals surface area contributed by atoms with Crippen LogP contribution in [0.25, 0.3) is 21.9 Å². The molecule has 3 aromatic heterocycles. The number of aromatic nitrogens is 5. The van der Waals surface area contributed by atoms with Crippen LogP contribution in [-0.2, 0) is 17.7 Å². The van der Waals surface area contributed by atoms with E-state index in [-0.39, 0.29) is 13.2 Å². The van der Waals surface area contributed by atoms with E-state index in [1.54, 1.807) is 24.4 Å². The molecular formula is C40H48ClEsFN8O3-2. The van der Waals surface area contributed by atoms with Crippen LogP contribution in [-0.4, -0.2) is 88.2 Å². The molecule has 0 unspecified atom stereocenters. The smallest absolute Gasteiger partial charge is 0.168 e. The minimum Gasteiger partial charge on any atom is -0.467 e. The van der Waals surface area contributed by atoms with Crippen molar-refractivity contribution in [1.82, 2.24) is 29.6 Å². The number of aryl methyl sites for hydroxylation is 1. The molecular weight excluding hydrogens is 947 g/mol. The molecule has 11 nitrogen and oxygen atoms in total. The number of aldehydes is 1. The zero-order valence-electron chi connectivity index (χ0n) is 31.1.